The van der Waals surface area contributed by atoms with Crippen molar-refractivity contribution in [1.82, 2.24) is 10.2 Å². The number of nitrogens with zero attached hydrogens (tertiary/aromatic N) is 1. The van der Waals surface area contributed by atoms with Gasteiger partial charge in [0.1, 0.15) is 17.4 Å². The molecule has 1 saturated heterocycles. The highest BCUT2D eigenvalue weighted by molar-refractivity contribution is 5.90. The minimum atomic E-state index is -0.567. The highest BCUT2D eigenvalue weighted by Crippen LogP contribution is 2.25. The van der Waals surface area contributed by atoms with E-state index in [0.717, 1.165) is 11.0 Å². The molecular weight excluding hydrogens is 308 g/mol. The zero-order chi connectivity index (χ0) is 17.1. The van der Waals surface area contributed by atoms with Gasteiger partial charge in [0.15, 0.2) is 0 Å². The molecule has 1 aromatic carbocycles. The SMILES string of the molecule is C[C@H](C(=O)N[C@H](C)C(=O)N1CCOCC1)c1cc2ccccc2o1. The van der Waals surface area contributed by atoms with Crippen molar-refractivity contribution in [2.24, 2.45) is 0 Å². The molecule has 24 heavy (non-hydrogen) atoms. The quantitative estimate of drug-likeness (QED) is 0.929. The lowest BCUT2D eigenvalue weighted by molar-refractivity contribution is -0.139. The Labute approximate surface area is 140 Å². The first-order chi connectivity index (χ1) is 11.6. The highest BCUT2D eigenvalue weighted by atomic mass is 16.5. The normalized spacial score (nSPS) is 17.5. The topological polar surface area (TPSA) is 71.8 Å². The number of benzene rings is 1. The summed E-state index contributed by atoms with van der Waals surface area (Å²) in [4.78, 5) is 26.5. The van der Waals surface area contributed by atoms with Gasteiger partial charge in [0.25, 0.3) is 0 Å². The van der Waals surface area contributed by atoms with Gasteiger partial charge < -0.3 is 19.4 Å². The Kier molecular flexibility index (Phi) is 4.85. The van der Waals surface area contributed by atoms with Crippen molar-refractivity contribution in [3.8, 4) is 0 Å². The zero-order valence-corrected chi connectivity index (χ0v) is 14.0. The molecule has 0 radical (unpaired) electrons. The van der Waals surface area contributed by atoms with Gasteiger partial charge in [-0.3, -0.25) is 9.59 Å². The summed E-state index contributed by atoms with van der Waals surface area (Å²) in [6.07, 6.45) is 0. The maximum atomic E-state index is 12.5. The molecule has 3 rings (SSSR count). The van der Waals surface area contributed by atoms with Crippen molar-refractivity contribution < 1.29 is 18.7 Å². The third kappa shape index (κ3) is 3.43. The Morgan fingerprint density at radius 2 is 1.88 bits per heavy atom. The Morgan fingerprint density at radius 1 is 1.17 bits per heavy atom. The van der Waals surface area contributed by atoms with E-state index in [1.165, 1.54) is 0 Å². The molecule has 128 valence electrons. The Hall–Kier alpha value is -2.34. The molecule has 1 N–H and O–H groups in total. The number of amides is 2. The second kappa shape index (κ2) is 7.05. The average Bonchev–Trinajstić information content (AvgIpc) is 3.05. The van der Waals surface area contributed by atoms with Crippen LogP contribution in [0.1, 0.15) is 25.5 Å². The summed E-state index contributed by atoms with van der Waals surface area (Å²) in [6.45, 7) is 5.71. The second-order valence-electron chi connectivity index (χ2n) is 6.08. The lowest BCUT2D eigenvalue weighted by Gasteiger charge is -2.29. The molecule has 1 aliphatic heterocycles. The number of furan rings is 1. The highest BCUT2D eigenvalue weighted by Gasteiger charge is 2.26. The van der Waals surface area contributed by atoms with E-state index in [1.54, 1.807) is 18.7 Å². The van der Waals surface area contributed by atoms with Gasteiger partial charge in [-0.1, -0.05) is 18.2 Å². The van der Waals surface area contributed by atoms with Crippen LogP contribution in [0.5, 0.6) is 0 Å². The number of hydrogen-bond acceptors (Lipinski definition) is 4. The molecule has 0 aliphatic carbocycles. The fourth-order valence-electron chi connectivity index (χ4n) is 2.80. The van der Waals surface area contributed by atoms with Crippen molar-refractivity contribution in [2.45, 2.75) is 25.8 Å². The van der Waals surface area contributed by atoms with E-state index >= 15 is 0 Å². The van der Waals surface area contributed by atoms with Gasteiger partial charge in [-0.25, -0.2) is 0 Å². The number of carbonyl (C=O) groups excluding carboxylic acids is 2. The van der Waals surface area contributed by atoms with Crippen LogP contribution in [0, 0.1) is 0 Å². The predicted molar refractivity (Wildman–Crippen MR) is 89.6 cm³/mol. The first-order valence-corrected chi connectivity index (χ1v) is 8.21. The van der Waals surface area contributed by atoms with Crippen LogP contribution in [-0.4, -0.2) is 49.1 Å². The Bertz CT molecular complexity index is 700. The maximum Gasteiger partial charge on any atom is 0.245 e. The number of fused-ring (bicyclic) bond motifs is 1. The van der Waals surface area contributed by atoms with Gasteiger partial charge in [0, 0.05) is 18.5 Å². The monoisotopic (exact) mass is 330 g/mol. The predicted octanol–water partition coefficient (Wildman–Crippen LogP) is 1.90. The van der Waals surface area contributed by atoms with Crippen molar-refractivity contribution in [3.63, 3.8) is 0 Å². The molecule has 2 amide bonds. The summed E-state index contributed by atoms with van der Waals surface area (Å²) in [5.74, 6) is -0.163. The third-order valence-corrected chi connectivity index (χ3v) is 4.32. The molecule has 1 fully saturated rings. The van der Waals surface area contributed by atoms with E-state index in [9.17, 15) is 9.59 Å². The van der Waals surface area contributed by atoms with Gasteiger partial charge >= 0.3 is 0 Å². The third-order valence-electron chi connectivity index (χ3n) is 4.32. The molecule has 1 aliphatic rings. The van der Waals surface area contributed by atoms with Gasteiger partial charge in [0.2, 0.25) is 11.8 Å². The largest absolute Gasteiger partial charge is 0.460 e. The van der Waals surface area contributed by atoms with Crippen LogP contribution in [-0.2, 0) is 14.3 Å². The van der Waals surface area contributed by atoms with Gasteiger partial charge in [-0.15, -0.1) is 0 Å². The van der Waals surface area contributed by atoms with Crippen LogP contribution in [0.15, 0.2) is 34.7 Å². The zero-order valence-electron chi connectivity index (χ0n) is 14.0. The van der Waals surface area contributed by atoms with E-state index in [1.807, 2.05) is 30.3 Å². The van der Waals surface area contributed by atoms with Crippen molar-refractivity contribution in [3.05, 3.63) is 36.1 Å². The molecule has 6 heteroatoms. The van der Waals surface area contributed by atoms with Crippen LogP contribution in [0.2, 0.25) is 0 Å². The van der Waals surface area contributed by atoms with E-state index in [4.69, 9.17) is 9.15 Å². The molecule has 0 saturated carbocycles. The van der Waals surface area contributed by atoms with E-state index < -0.39 is 12.0 Å². The number of morpholine rings is 1. The fraction of sp³-hybridized carbons (Fsp3) is 0.444. The Balaban J connectivity index is 1.63. The molecule has 2 heterocycles. The standard InChI is InChI=1S/C18H22N2O4/c1-12(16-11-14-5-3-4-6-15(14)24-16)17(21)19-13(2)18(22)20-7-9-23-10-8-20/h3-6,11-13H,7-10H2,1-2H3,(H,19,21)/t12-,13+/m0/s1. The number of para-hydroxylation sites is 1. The molecule has 6 nitrogen and oxygen atoms in total. The van der Waals surface area contributed by atoms with E-state index in [-0.39, 0.29) is 11.8 Å². The number of nitrogens with one attached hydrogen (secondary N) is 1. The van der Waals surface area contributed by atoms with Crippen LogP contribution in [0.4, 0.5) is 0 Å². The Morgan fingerprint density at radius 3 is 2.58 bits per heavy atom. The molecule has 1 aromatic heterocycles. The lowest BCUT2D eigenvalue weighted by atomic mass is 10.1. The van der Waals surface area contributed by atoms with Crippen LogP contribution in [0.25, 0.3) is 11.0 Å². The molecule has 0 bridgehead atoms. The lowest BCUT2D eigenvalue weighted by Crippen LogP contribution is -2.51. The molecule has 2 aromatic rings. The summed E-state index contributed by atoms with van der Waals surface area (Å²) in [5.41, 5.74) is 0.754. The summed E-state index contributed by atoms with van der Waals surface area (Å²) in [6, 6.07) is 8.93. The van der Waals surface area contributed by atoms with Crippen molar-refractivity contribution in [1.29, 1.82) is 0 Å². The van der Waals surface area contributed by atoms with Crippen LogP contribution in [0.3, 0.4) is 0 Å². The molecule has 0 unspecified atom stereocenters. The van der Waals surface area contributed by atoms with Crippen LogP contribution >= 0.6 is 0 Å². The van der Waals surface area contributed by atoms with Crippen molar-refractivity contribution >= 4 is 22.8 Å². The molecule has 0 spiro atoms. The van der Waals surface area contributed by atoms with E-state index in [2.05, 4.69) is 5.32 Å². The molecule has 2 atom stereocenters. The minimum Gasteiger partial charge on any atom is -0.460 e. The first-order valence-electron chi connectivity index (χ1n) is 8.21. The maximum absolute atomic E-state index is 12.5. The summed E-state index contributed by atoms with van der Waals surface area (Å²) >= 11 is 0. The molecular formula is C18H22N2O4. The number of hydrogen-bond donors (Lipinski definition) is 1. The smallest absolute Gasteiger partial charge is 0.245 e. The summed E-state index contributed by atoms with van der Waals surface area (Å²) in [5, 5.41) is 3.75. The minimum absolute atomic E-state index is 0.0801. The van der Waals surface area contributed by atoms with Gasteiger partial charge in [0.05, 0.1) is 19.1 Å². The summed E-state index contributed by atoms with van der Waals surface area (Å²) < 4.78 is 11.0. The van der Waals surface area contributed by atoms with Crippen LogP contribution < -0.4 is 5.32 Å². The summed E-state index contributed by atoms with van der Waals surface area (Å²) in [7, 11) is 0. The van der Waals surface area contributed by atoms with Gasteiger partial charge in [-0.2, -0.15) is 0 Å². The second-order valence-corrected chi connectivity index (χ2v) is 6.08. The average molecular weight is 330 g/mol. The van der Waals surface area contributed by atoms with E-state index in [0.29, 0.717) is 32.1 Å². The number of ether oxygens (including phenoxy) is 1. The van der Waals surface area contributed by atoms with Crippen molar-refractivity contribution in [2.75, 3.05) is 26.3 Å². The number of carbonyl (C=O) groups is 2. The number of rotatable bonds is 4. The first kappa shape index (κ1) is 16.5. The van der Waals surface area contributed by atoms with Gasteiger partial charge in [-0.05, 0) is 26.0 Å². The fourth-order valence-corrected chi connectivity index (χ4v) is 2.80.